The number of piperidine rings is 1. The SMILES string of the molecule is CC(C)c1cc(C#N)cc2nc(-c3ccc(C(=O)NCC4CCNCC4)cc3)oc12. The molecule has 3 aromatic rings. The molecule has 1 aliphatic rings. The van der Waals surface area contributed by atoms with E-state index in [9.17, 15) is 10.1 Å². The number of carbonyl (C=O) groups excluding carboxylic acids is 1. The summed E-state index contributed by atoms with van der Waals surface area (Å²) < 4.78 is 6.05. The fourth-order valence-electron chi connectivity index (χ4n) is 3.86. The number of hydrogen-bond acceptors (Lipinski definition) is 5. The van der Waals surface area contributed by atoms with E-state index in [4.69, 9.17) is 4.42 Å². The van der Waals surface area contributed by atoms with Crippen molar-refractivity contribution in [2.45, 2.75) is 32.6 Å². The van der Waals surface area contributed by atoms with Crippen molar-refractivity contribution in [3.05, 3.63) is 53.1 Å². The van der Waals surface area contributed by atoms with Crippen LogP contribution in [0.25, 0.3) is 22.6 Å². The molecular formula is C24H26N4O2. The number of fused-ring (bicyclic) bond motifs is 1. The molecule has 6 nitrogen and oxygen atoms in total. The molecule has 0 atom stereocenters. The van der Waals surface area contributed by atoms with Gasteiger partial charge >= 0.3 is 0 Å². The second kappa shape index (κ2) is 8.68. The average Bonchev–Trinajstić information content (AvgIpc) is 3.21. The maximum atomic E-state index is 12.5. The smallest absolute Gasteiger partial charge is 0.251 e. The number of benzene rings is 2. The van der Waals surface area contributed by atoms with Gasteiger partial charge in [-0.2, -0.15) is 5.26 Å². The van der Waals surface area contributed by atoms with Crippen LogP contribution in [-0.4, -0.2) is 30.5 Å². The zero-order valence-electron chi connectivity index (χ0n) is 17.4. The third-order valence-corrected chi connectivity index (χ3v) is 5.67. The van der Waals surface area contributed by atoms with Gasteiger partial charge in [0.25, 0.3) is 5.91 Å². The van der Waals surface area contributed by atoms with Crippen LogP contribution in [0.3, 0.4) is 0 Å². The Kier molecular flexibility index (Phi) is 5.82. The molecule has 0 spiro atoms. The molecule has 1 saturated heterocycles. The van der Waals surface area contributed by atoms with Crippen molar-refractivity contribution in [2.75, 3.05) is 19.6 Å². The highest BCUT2D eigenvalue weighted by Gasteiger charge is 2.17. The maximum absolute atomic E-state index is 12.5. The minimum absolute atomic E-state index is 0.0570. The number of amides is 1. The molecule has 1 amide bonds. The molecule has 0 bridgehead atoms. The number of nitrogens with one attached hydrogen (secondary N) is 2. The summed E-state index contributed by atoms with van der Waals surface area (Å²) in [6.45, 7) is 6.89. The van der Waals surface area contributed by atoms with E-state index in [1.807, 2.05) is 18.2 Å². The van der Waals surface area contributed by atoms with Gasteiger partial charge in [0.05, 0.1) is 11.6 Å². The topological polar surface area (TPSA) is 91.0 Å². The Bertz CT molecular complexity index is 1090. The van der Waals surface area contributed by atoms with E-state index in [1.165, 1.54) is 0 Å². The van der Waals surface area contributed by atoms with E-state index in [1.54, 1.807) is 18.2 Å². The minimum atomic E-state index is -0.0570. The van der Waals surface area contributed by atoms with Crippen molar-refractivity contribution in [1.82, 2.24) is 15.6 Å². The van der Waals surface area contributed by atoms with Gasteiger partial charge in [0.15, 0.2) is 5.58 Å². The summed E-state index contributed by atoms with van der Waals surface area (Å²) >= 11 is 0. The van der Waals surface area contributed by atoms with Crippen molar-refractivity contribution in [3.63, 3.8) is 0 Å². The third-order valence-electron chi connectivity index (χ3n) is 5.67. The van der Waals surface area contributed by atoms with Crippen molar-refractivity contribution in [3.8, 4) is 17.5 Å². The van der Waals surface area contributed by atoms with Crippen LogP contribution in [0, 0.1) is 17.2 Å². The molecule has 0 saturated carbocycles. The first-order valence-electron chi connectivity index (χ1n) is 10.5. The van der Waals surface area contributed by atoms with Crippen LogP contribution >= 0.6 is 0 Å². The summed E-state index contributed by atoms with van der Waals surface area (Å²) in [5.41, 5.74) is 4.36. The predicted octanol–water partition coefficient (Wildman–Crippen LogP) is 4.22. The van der Waals surface area contributed by atoms with E-state index in [0.717, 1.165) is 37.1 Å². The van der Waals surface area contributed by atoms with Gasteiger partial charge in [-0.25, -0.2) is 4.98 Å². The molecule has 1 aliphatic heterocycles. The fraction of sp³-hybridized carbons (Fsp3) is 0.375. The Morgan fingerprint density at radius 2 is 2.00 bits per heavy atom. The number of oxazole rings is 1. The van der Waals surface area contributed by atoms with E-state index in [-0.39, 0.29) is 11.8 Å². The molecule has 2 N–H and O–H groups in total. The lowest BCUT2D eigenvalue weighted by Gasteiger charge is -2.22. The van der Waals surface area contributed by atoms with E-state index >= 15 is 0 Å². The van der Waals surface area contributed by atoms with Gasteiger partial charge in [0.2, 0.25) is 5.89 Å². The van der Waals surface area contributed by atoms with E-state index < -0.39 is 0 Å². The molecule has 154 valence electrons. The summed E-state index contributed by atoms with van der Waals surface area (Å²) in [6.07, 6.45) is 2.20. The molecule has 2 aromatic carbocycles. The molecule has 1 fully saturated rings. The first kappa shape index (κ1) is 20.1. The van der Waals surface area contributed by atoms with Gasteiger partial charge < -0.3 is 15.1 Å². The highest BCUT2D eigenvalue weighted by Crippen LogP contribution is 2.31. The average molecular weight is 402 g/mol. The Hall–Kier alpha value is -3.17. The molecule has 0 radical (unpaired) electrons. The summed E-state index contributed by atoms with van der Waals surface area (Å²) in [5, 5.41) is 15.7. The Morgan fingerprint density at radius 3 is 2.67 bits per heavy atom. The second-order valence-corrected chi connectivity index (χ2v) is 8.18. The summed E-state index contributed by atoms with van der Waals surface area (Å²) in [6, 6.07) is 13.1. The monoisotopic (exact) mass is 402 g/mol. The summed E-state index contributed by atoms with van der Waals surface area (Å²) in [4.78, 5) is 17.1. The second-order valence-electron chi connectivity index (χ2n) is 8.18. The Labute approximate surface area is 176 Å². The van der Waals surface area contributed by atoms with E-state index in [2.05, 4.69) is 35.5 Å². The van der Waals surface area contributed by atoms with Crippen LogP contribution in [0.15, 0.2) is 40.8 Å². The van der Waals surface area contributed by atoms with Crippen molar-refractivity contribution in [1.29, 1.82) is 5.26 Å². The molecule has 0 unspecified atom stereocenters. The third kappa shape index (κ3) is 4.22. The number of nitrogens with zero attached hydrogens (tertiary/aromatic N) is 2. The lowest BCUT2D eigenvalue weighted by molar-refractivity contribution is 0.0944. The van der Waals surface area contributed by atoms with Gasteiger partial charge in [0.1, 0.15) is 5.52 Å². The summed E-state index contributed by atoms with van der Waals surface area (Å²) in [5.74, 6) is 1.19. The van der Waals surface area contributed by atoms with Crippen molar-refractivity contribution in [2.24, 2.45) is 5.92 Å². The normalized spacial score (nSPS) is 14.7. The lowest BCUT2D eigenvalue weighted by Crippen LogP contribution is -2.35. The van der Waals surface area contributed by atoms with Crippen LogP contribution in [0.2, 0.25) is 0 Å². The van der Waals surface area contributed by atoms with Gasteiger partial charge in [0, 0.05) is 23.2 Å². The number of aromatic nitrogens is 1. The first-order chi connectivity index (χ1) is 14.5. The molecule has 6 heteroatoms. The van der Waals surface area contributed by atoms with Crippen LogP contribution in [-0.2, 0) is 0 Å². The van der Waals surface area contributed by atoms with Gasteiger partial charge in [-0.1, -0.05) is 13.8 Å². The Balaban J connectivity index is 1.52. The van der Waals surface area contributed by atoms with Crippen molar-refractivity contribution < 1.29 is 9.21 Å². The standard InChI is InChI=1S/C24H26N4O2/c1-15(2)20-11-17(13-25)12-21-22(20)30-24(28-21)19-5-3-18(4-6-19)23(29)27-14-16-7-9-26-10-8-16/h3-6,11-12,15-16,26H,7-10,14H2,1-2H3,(H,27,29). The van der Waals surface area contributed by atoms with Gasteiger partial charge in [-0.3, -0.25) is 4.79 Å². The predicted molar refractivity (Wildman–Crippen MR) is 116 cm³/mol. The van der Waals surface area contributed by atoms with Crippen LogP contribution in [0.5, 0.6) is 0 Å². The quantitative estimate of drug-likeness (QED) is 0.667. The highest BCUT2D eigenvalue weighted by atomic mass is 16.3. The minimum Gasteiger partial charge on any atom is -0.436 e. The molecule has 0 aliphatic carbocycles. The largest absolute Gasteiger partial charge is 0.436 e. The maximum Gasteiger partial charge on any atom is 0.251 e. The van der Waals surface area contributed by atoms with Crippen molar-refractivity contribution >= 4 is 17.0 Å². The highest BCUT2D eigenvalue weighted by molar-refractivity contribution is 5.94. The zero-order chi connectivity index (χ0) is 21.1. The van der Waals surface area contributed by atoms with Crippen LogP contribution in [0.4, 0.5) is 0 Å². The fourth-order valence-corrected chi connectivity index (χ4v) is 3.86. The molecule has 30 heavy (non-hydrogen) atoms. The molecule has 1 aromatic heterocycles. The zero-order valence-corrected chi connectivity index (χ0v) is 17.4. The number of nitriles is 1. The molecular weight excluding hydrogens is 376 g/mol. The first-order valence-corrected chi connectivity index (χ1v) is 10.5. The Morgan fingerprint density at radius 1 is 1.27 bits per heavy atom. The van der Waals surface area contributed by atoms with Crippen LogP contribution < -0.4 is 10.6 Å². The number of hydrogen-bond donors (Lipinski definition) is 2. The molecule has 4 rings (SSSR count). The van der Waals surface area contributed by atoms with Gasteiger partial charge in [-0.15, -0.1) is 0 Å². The summed E-state index contributed by atoms with van der Waals surface area (Å²) in [7, 11) is 0. The number of rotatable bonds is 5. The molecule has 2 heterocycles. The van der Waals surface area contributed by atoms with E-state index in [0.29, 0.717) is 40.6 Å². The number of carbonyl (C=O) groups is 1. The lowest BCUT2D eigenvalue weighted by atomic mass is 9.98. The van der Waals surface area contributed by atoms with Gasteiger partial charge in [-0.05, 0) is 74.2 Å². The van der Waals surface area contributed by atoms with Crippen LogP contribution in [0.1, 0.15) is 54.1 Å².